The minimum absolute atomic E-state index is 0.0496. The van der Waals surface area contributed by atoms with Crippen molar-refractivity contribution in [3.8, 4) is 0 Å². The number of benzene rings is 2. The van der Waals surface area contributed by atoms with Crippen LogP contribution in [0.4, 0.5) is 5.69 Å². The third-order valence-corrected chi connectivity index (χ3v) is 5.53. The molecule has 2 amide bonds. The summed E-state index contributed by atoms with van der Waals surface area (Å²) in [5, 5.41) is 8.11. The lowest BCUT2D eigenvalue weighted by Crippen LogP contribution is -2.46. The summed E-state index contributed by atoms with van der Waals surface area (Å²) in [5.74, 6) is 11.1. The zero-order valence-electron chi connectivity index (χ0n) is 17.4. The van der Waals surface area contributed by atoms with Crippen LogP contribution in [-0.2, 0) is 22.6 Å². The molecule has 1 fully saturated rings. The standard InChI is InChI=1S/C22H27ClN6O2/c1-15-9-20(28(13-15)21(30)10-16-5-3-2-4-6-16)22(31)26-12-17-11-18(23)7-8-19(17)29(25)14-27-24/h2-8,11,14-15,20H,9-10,12-13,24-25H2,1H3,(H,26,31)/b27-14-. The van der Waals surface area contributed by atoms with Crippen LogP contribution in [0.3, 0.4) is 0 Å². The molecule has 5 N–H and O–H groups in total. The molecule has 164 valence electrons. The molecule has 8 nitrogen and oxygen atoms in total. The Labute approximate surface area is 186 Å². The monoisotopic (exact) mass is 442 g/mol. The summed E-state index contributed by atoms with van der Waals surface area (Å²) < 4.78 is 0. The van der Waals surface area contributed by atoms with Crippen molar-refractivity contribution < 1.29 is 9.59 Å². The van der Waals surface area contributed by atoms with Crippen LogP contribution in [0, 0.1) is 5.92 Å². The maximum Gasteiger partial charge on any atom is 0.243 e. The first-order valence-electron chi connectivity index (χ1n) is 10.1. The van der Waals surface area contributed by atoms with E-state index in [2.05, 4.69) is 10.4 Å². The fraction of sp³-hybridized carbons (Fsp3) is 0.318. The summed E-state index contributed by atoms with van der Waals surface area (Å²) in [7, 11) is 0. The number of likely N-dealkylation sites (tertiary alicyclic amines) is 1. The van der Waals surface area contributed by atoms with Crippen LogP contribution in [0.25, 0.3) is 0 Å². The summed E-state index contributed by atoms with van der Waals surface area (Å²) in [4.78, 5) is 27.6. The molecular formula is C22H27ClN6O2. The number of nitrogens with zero attached hydrogens (tertiary/aromatic N) is 3. The first kappa shape index (κ1) is 22.6. The van der Waals surface area contributed by atoms with Crippen molar-refractivity contribution in [2.24, 2.45) is 22.7 Å². The molecule has 1 heterocycles. The zero-order chi connectivity index (χ0) is 22.4. The van der Waals surface area contributed by atoms with Crippen LogP contribution in [0.5, 0.6) is 0 Å². The lowest BCUT2D eigenvalue weighted by molar-refractivity contribution is -0.138. The van der Waals surface area contributed by atoms with Crippen molar-refractivity contribution in [3.05, 3.63) is 64.7 Å². The van der Waals surface area contributed by atoms with Gasteiger partial charge in [-0.3, -0.25) is 14.6 Å². The molecule has 31 heavy (non-hydrogen) atoms. The summed E-state index contributed by atoms with van der Waals surface area (Å²) in [6.07, 6.45) is 2.16. The van der Waals surface area contributed by atoms with E-state index in [-0.39, 0.29) is 30.7 Å². The molecule has 0 bridgehead atoms. The summed E-state index contributed by atoms with van der Waals surface area (Å²) in [5.41, 5.74) is 2.24. The summed E-state index contributed by atoms with van der Waals surface area (Å²) in [6, 6.07) is 14.2. The number of carbonyl (C=O) groups is 2. The van der Waals surface area contributed by atoms with Crippen LogP contribution >= 0.6 is 11.6 Å². The number of anilines is 1. The van der Waals surface area contributed by atoms with Gasteiger partial charge in [-0.15, -0.1) is 0 Å². The highest BCUT2D eigenvalue weighted by Gasteiger charge is 2.37. The summed E-state index contributed by atoms with van der Waals surface area (Å²) in [6.45, 7) is 2.81. The topological polar surface area (TPSA) is 117 Å². The van der Waals surface area contributed by atoms with Crippen molar-refractivity contribution in [2.45, 2.75) is 32.4 Å². The van der Waals surface area contributed by atoms with E-state index in [9.17, 15) is 9.59 Å². The van der Waals surface area contributed by atoms with Gasteiger partial charge in [0.15, 0.2) is 0 Å². The van der Waals surface area contributed by atoms with E-state index in [0.29, 0.717) is 29.2 Å². The normalized spacial score (nSPS) is 18.4. The molecule has 1 aliphatic heterocycles. The van der Waals surface area contributed by atoms with Crippen LogP contribution < -0.4 is 22.0 Å². The Balaban J connectivity index is 1.69. The van der Waals surface area contributed by atoms with Gasteiger partial charge in [0.25, 0.3) is 0 Å². The van der Waals surface area contributed by atoms with Crippen LogP contribution in [0.15, 0.2) is 53.6 Å². The van der Waals surface area contributed by atoms with Crippen molar-refractivity contribution in [1.82, 2.24) is 10.2 Å². The number of hydrogen-bond acceptors (Lipinski definition) is 5. The Morgan fingerprint density at radius 3 is 2.74 bits per heavy atom. The highest BCUT2D eigenvalue weighted by Crippen LogP contribution is 2.25. The van der Waals surface area contributed by atoms with Crippen LogP contribution in [0.2, 0.25) is 5.02 Å². The number of rotatable bonds is 7. The number of nitrogens with one attached hydrogen (secondary N) is 1. The maximum absolute atomic E-state index is 13.0. The molecule has 2 aromatic carbocycles. The molecule has 2 unspecified atom stereocenters. The van der Waals surface area contributed by atoms with Gasteiger partial charge in [-0.05, 0) is 41.7 Å². The highest BCUT2D eigenvalue weighted by molar-refractivity contribution is 6.30. The fourth-order valence-electron chi connectivity index (χ4n) is 3.82. The number of hydrazone groups is 1. The molecule has 9 heteroatoms. The quantitative estimate of drug-likeness (QED) is 0.262. The molecule has 2 aromatic rings. The number of amides is 2. The van der Waals surface area contributed by atoms with E-state index in [1.165, 1.54) is 11.3 Å². The molecule has 1 saturated heterocycles. The van der Waals surface area contributed by atoms with Crippen molar-refractivity contribution in [3.63, 3.8) is 0 Å². The summed E-state index contributed by atoms with van der Waals surface area (Å²) >= 11 is 6.12. The van der Waals surface area contributed by atoms with E-state index in [1.54, 1.807) is 23.1 Å². The third kappa shape index (κ3) is 5.74. The van der Waals surface area contributed by atoms with Crippen LogP contribution in [0.1, 0.15) is 24.5 Å². The molecule has 0 radical (unpaired) electrons. The highest BCUT2D eigenvalue weighted by atomic mass is 35.5. The Bertz CT molecular complexity index is 952. The van der Waals surface area contributed by atoms with E-state index in [0.717, 1.165) is 5.56 Å². The van der Waals surface area contributed by atoms with Crippen LogP contribution in [-0.4, -0.2) is 35.6 Å². The largest absolute Gasteiger partial charge is 0.350 e. The second-order valence-electron chi connectivity index (χ2n) is 7.73. The van der Waals surface area contributed by atoms with Gasteiger partial charge < -0.3 is 16.1 Å². The smallest absolute Gasteiger partial charge is 0.243 e. The fourth-order valence-corrected chi connectivity index (χ4v) is 4.02. The number of carbonyl (C=O) groups excluding carboxylic acids is 2. The number of hydrazine groups is 1. The molecule has 0 saturated carbocycles. The molecular weight excluding hydrogens is 416 g/mol. The average Bonchev–Trinajstić information content (AvgIpc) is 3.15. The third-order valence-electron chi connectivity index (χ3n) is 5.30. The van der Waals surface area contributed by atoms with Gasteiger partial charge in [-0.1, -0.05) is 48.9 Å². The second kappa shape index (κ2) is 10.3. The van der Waals surface area contributed by atoms with Gasteiger partial charge in [0.05, 0.1) is 12.1 Å². The predicted molar refractivity (Wildman–Crippen MR) is 122 cm³/mol. The van der Waals surface area contributed by atoms with E-state index in [1.807, 2.05) is 37.3 Å². The van der Waals surface area contributed by atoms with Crippen molar-refractivity contribution >= 4 is 35.4 Å². The van der Waals surface area contributed by atoms with Gasteiger partial charge in [-0.2, -0.15) is 5.10 Å². The molecule has 2 atom stereocenters. The number of hydrogen-bond donors (Lipinski definition) is 3. The number of halogens is 1. The zero-order valence-corrected chi connectivity index (χ0v) is 18.1. The second-order valence-corrected chi connectivity index (χ2v) is 8.16. The first-order chi connectivity index (χ1) is 14.9. The minimum Gasteiger partial charge on any atom is -0.350 e. The lowest BCUT2D eigenvalue weighted by Gasteiger charge is -2.24. The first-order valence-corrected chi connectivity index (χ1v) is 10.4. The van der Waals surface area contributed by atoms with E-state index in [4.69, 9.17) is 23.3 Å². The molecule has 0 aromatic heterocycles. The van der Waals surface area contributed by atoms with Gasteiger partial charge in [0, 0.05) is 18.1 Å². The maximum atomic E-state index is 13.0. The van der Waals surface area contributed by atoms with E-state index >= 15 is 0 Å². The van der Waals surface area contributed by atoms with Gasteiger partial charge in [0.1, 0.15) is 12.4 Å². The minimum atomic E-state index is -0.506. The van der Waals surface area contributed by atoms with Gasteiger partial charge in [-0.25, -0.2) is 5.84 Å². The Kier molecular flexibility index (Phi) is 7.49. The average molecular weight is 443 g/mol. The molecule has 0 spiro atoms. The SMILES string of the molecule is CC1CC(C(=O)NCc2cc(Cl)ccc2N(N)/C=N\N)N(C(=O)Cc2ccccc2)C1. The van der Waals surface area contributed by atoms with Crippen molar-refractivity contribution in [2.75, 3.05) is 11.6 Å². The lowest BCUT2D eigenvalue weighted by atomic mass is 10.1. The predicted octanol–water partition coefficient (Wildman–Crippen LogP) is 2.02. The Morgan fingerprint density at radius 2 is 2.03 bits per heavy atom. The van der Waals surface area contributed by atoms with Gasteiger partial charge in [0.2, 0.25) is 11.8 Å². The molecule has 0 aliphatic carbocycles. The van der Waals surface area contributed by atoms with Crippen molar-refractivity contribution in [1.29, 1.82) is 0 Å². The van der Waals surface area contributed by atoms with E-state index < -0.39 is 6.04 Å². The van der Waals surface area contributed by atoms with Gasteiger partial charge >= 0.3 is 0 Å². The molecule has 1 aliphatic rings. The Morgan fingerprint density at radius 1 is 1.29 bits per heavy atom. The number of nitrogens with two attached hydrogens (primary N) is 2. The Hall–Kier alpha value is -3.10. The molecule has 3 rings (SSSR count).